The largest absolute Gasteiger partial charge is 0.395 e. The fraction of sp³-hybridized carbons (Fsp3) is 0.143. The van der Waals surface area contributed by atoms with E-state index < -0.39 is 5.82 Å². The number of nitrogens with two attached hydrogens (primary N) is 1. The average Bonchev–Trinajstić information content (AvgIpc) is 1.99. The first-order chi connectivity index (χ1) is 5.25. The van der Waals surface area contributed by atoms with Crippen molar-refractivity contribution in [1.82, 2.24) is 0 Å². The molecule has 2 nitrogen and oxygen atoms in total. The summed E-state index contributed by atoms with van der Waals surface area (Å²) in [7, 11) is 0. The van der Waals surface area contributed by atoms with Crippen molar-refractivity contribution in [3.05, 3.63) is 24.0 Å². The molecule has 0 amide bonds. The Balaban J connectivity index is 2.96. The van der Waals surface area contributed by atoms with Gasteiger partial charge in [-0.2, -0.15) is 0 Å². The lowest BCUT2D eigenvalue weighted by Crippen LogP contribution is -2.00. The van der Waals surface area contributed by atoms with Crippen molar-refractivity contribution in [2.75, 3.05) is 17.1 Å². The van der Waals surface area contributed by atoms with Crippen LogP contribution in [0.2, 0.25) is 0 Å². The molecule has 11 heavy (non-hydrogen) atoms. The van der Waals surface area contributed by atoms with Crippen molar-refractivity contribution in [3.8, 4) is 0 Å². The molecule has 0 saturated carbocycles. The van der Waals surface area contributed by atoms with E-state index >= 15 is 0 Å². The number of rotatable bonds is 2. The molecule has 4 heteroatoms. The van der Waals surface area contributed by atoms with Crippen molar-refractivity contribution < 1.29 is 4.39 Å². The number of para-hydroxylation sites is 1. The van der Waals surface area contributed by atoms with Gasteiger partial charge in [0.05, 0.1) is 17.4 Å². The zero-order chi connectivity index (χ0) is 8.27. The van der Waals surface area contributed by atoms with Crippen LogP contribution in [-0.2, 0) is 0 Å². The van der Waals surface area contributed by atoms with Gasteiger partial charge in [-0.15, -0.1) is 11.6 Å². The molecule has 0 aromatic heterocycles. The van der Waals surface area contributed by atoms with E-state index in [4.69, 9.17) is 17.3 Å². The first-order valence-electron chi connectivity index (χ1n) is 3.09. The van der Waals surface area contributed by atoms with Crippen LogP contribution in [0.1, 0.15) is 0 Å². The van der Waals surface area contributed by atoms with Crippen LogP contribution >= 0.6 is 11.6 Å². The van der Waals surface area contributed by atoms with Crippen molar-refractivity contribution >= 4 is 23.0 Å². The highest BCUT2D eigenvalue weighted by atomic mass is 35.5. The molecule has 0 unspecified atom stereocenters. The van der Waals surface area contributed by atoms with Gasteiger partial charge in [-0.1, -0.05) is 6.07 Å². The summed E-state index contributed by atoms with van der Waals surface area (Å²) in [5.74, 6) is -0.430. The van der Waals surface area contributed by atoms with E-state index in [1.54, 1.807) is 12.1 Å². The van der Waals surface area contributed by atoms with Crippen LogP contribution in [-0.4, -0.2) is 6.00 Å². The van der Waals surface area contributed by atoms with Gasteiger partial charge in [0.2, 0.25) is 0 Å². The third kappa shape index (κ3) is 1.74. The summed E-state index contributed by atoms with van der Waals surface area (Å²) < 4.78 is 12.7. The van der Waals surface area contributed by atoms with Crippen LogP contribution in [0.3, 0.4) is 0 Å². The zero-order valence-electron chi connectivity index (χ0n) is 5.77. The predicted molar refractivity (Wildman–Crippen MR) is 45.2 cm³/mol. The summed E-state index contributed by atoms with van der Waals surface area (Å²) in [6.07, 6.45) is 0. The van der Waals surface area contributed by atoms with Gasteiger partial charge >= 0.3 is 0 Å². The van der Waals surface area contributed by atoms with Gasteiger partial charge in [0, 0.05) is 0 Å². The van der Waals surface area contributed by atoms with E-state index in [9.17, 15) is 4.39 Å². The lowest BCUT2D eigenvalue weighted by molar-refractivity contribution is 0.633. The third-order valence-corrected chi connectivity index (χ3v) is 1.44. The number of hydrogen-bond donors (Lipinski definition) is 2. The van der Waals surface area contributed by atoms with E-state index in [-0.39, 0.29) is 11.7 Å². The molecule has 0 aliphatic rings. The van der Waals surface area contributed by atoms with Crippen LogP contribution in [0.4, 0.5) is 15.8 Å². The number of nitrogen functional groups attached to an aromatic ring is 1. The van der Waals surface area contributed by atoms with Gasteiger partial charge in [-0.25, -0.2) is 4.39 Å². The topological polar surface area (TPSA) is 38.0 Å². The fourth-order valence-electron chi connectivity index (χ4n) is 0.763. The lowest BCUT2D eigenvalue weighted by atomic mass is 10.2. The quantitative estimate of drug-likeness (QED) is 0.409. The molecule has 0 spiro atoms. The molecular formula is C7H8ClFN2. The average molecular weight is 175 g/mol. The zero-order valence-corrected chi connectivity index (χ0v) is 6.53. The highest BCUT2D eigenvalue weighted by molar-refractivity contribution is 6.18. The Hall–Kier alpha value is -0.960. The molecule has 1 aromatic carbocycles. The Kier molecular flexibility index (Phi) is 2.54. The van der Waals surface area contributed by atoms with E-state index in [0.717, 1.165) is 0 Å². The van der Waals surface area contributed by atoms with E-state index in [1.807, 2.05) is 0 Å². The first kappa shape index (κ1) is 8.14. The number of halogens is 2. The molecule has 60 valence electrons. The SMILES string of the molecule is Nc1c(F)cccc1NCCl. The Morgan fingerprint density at radius 3 is 2.91 bits per heavy atom. The fourth-order valence-corrected chi connectivity index (χ4v) is 0.907. The van der Waals surface area contributed by atoms with Crippen LogP contribution < -0.4 is 11.1 Å². The lowest BCUT2D eigenvalue weighted by Gasteiger charge is -2.05. The summed E-state index contributed by atoms with van der Waals surface area (Å²) in [5.41, 5.74) is 6.01. The summed E-state index contributed by atoms with van der Waals surface area (Å²) in [6.45, 7) is 0. The summed E-state index contributed by atoms with van der Waals surface area (Å²) >= 11 is 5.37. The van der Waals surface area contributed by atoms with Crippen molar-refractivity contribution in [3.63, 3.8) is 0 Å². The van der Waals surface area contributed by atoms with Gasteiger partial charge in [-0.3, -0.25) is 0 Å². The van der Waals surface area contributed by atoms with Crippen LogP contribution in [0.25, 0.3) is 0 Å². The van der Waals surface area contributed by atoms with Gasteiger partial charge in [0.15, 0.2) is 0 Å². The molecule has 0 atom stereocenters. The molecule has 0 aliphatic carbocycles. The maximum absolute atomic E-state index is 12.7. The van der Waals surface area contributed by atoms with Crippen molar-refractivity contribution in [1.29, 1.82) is 0 Å². The molecule has 1 aromatic rings. The van der Waals surface area contributed by atoms with Gasteiger partial charge in [0.25, 0.3) is 0 Å². The highest BCUT2D eigenvalue weighted by Gasteiger charge is 2.01. The van der Waals surface area contributed by atoms with Crippen LogP contribution in [0.15, 0.2) is 18.2 Å². The summed E-state index contributed by atoms with van der Waals surface area (Å²) in [5, 5.41) is 2.72. The molecule has 0 radical (unpaired) electrons. The molecule has 0 fully saturated rings. The minimum atomic E-state index is -0.430. The number of alkyl halides is 1. The minimum Gasteiger partial charge on any atom is -0.395 e. The third-order valence-electron chi connectivity index (χ3n) is 1.31. The Morgan fingerprint density at radius 1 is 1.55 bits per heavy atom. The van der Waals surface area contributed by atoms with E-state index in [2.05, 4.69) is 5.32 Å². The normalized spacial score (nSPS) is 9.64. The Morgan fingerprint density at radius 2 is 2.27 bits per heavy atom. The van der Waals surface area contributed by atoms with Gasteiger partial charge in [0.1, 0.15) is 5.82 Å². The molecule has 0 bridgehead atoms. The smallest absolute Gasteiger partial charge is 0.148 e. The number of benzene rings is 1. The predicted octanol–water partition coefficient (Wildman–Crippen LogP) is 2.02. The molecular weight excluding hydrogens is 167 g/mol. The van der Waals surface area contributed by atoms with Crippen molar-refractivity contribution in [2.45, 2.75) is 0 Å². The summed E-state index contributed by atoms with van der Waals surface area (Å²) in [6, 6.07) is 4.75. The van der Waals surface area contributed by atoms with E-state index in [1.165, 1.54) is 6.07 Å². The number of nitrogens with one attached hydrogen (secondary N) is 1. The molecule has 3 N–H and O–H groups in total. The highest BCUT2D eigenvalue weighted by Crippen LogP contribution is 2.20. The maximum Gasteiger partial charge on any atom is 0.148 e. The Bertz CT molecular complexity index is 252. The van der Waals surface area contributed by atoms with E-state index in [0.29, 0.717) is 5.69 Å². The van der Waals surface area contributed by atoms with Gasteiger partial charge < -0.3 is 11.1 Å². The molecule has 1 rings (SSSR count). The first-order valence-corrected chi connectivity index (χ1v) is 3.63. The van der Waals surface area contributed by atoms with Crippen LogP contribution in [0, 0.1) is 5.82 Å². The maximum atomic E-state index is 12.7. The molecule has 0 heterocycles. The monoisotopic (exact) mass is 174 g/mol. The minimum absolute atomic E-state index is 0.105. The Labute approximate surface area is 69.2 Å². The molecule has 0 saturated heterocycles. The number of anilines is 2. The summed E-state index contributed by atoms with van der Waals surface area (Å²) in [4.78, 5) is 0. The number of hydrogen-bond acceptors (Lipinski definition) is 2. The van der Waals surface area contributed by atoms with Crippen molar-refractivity contribution in [2.24, 2.45) is 0 Å². The molecule has 0 aliphatic heterocycles. The van der Waals surface area contributed by atoms with Gasteiger partial charge in [-0.05, 0) is 12.1 Å². The standard InChI is InChI=1S/C7H8ClFN2/c8-4-11-6-3-1-2-5(9)7(6)10/h1-3,11H,4,10H2. The second kappa shape index (κ2) is 3.44. The second-order valence-corrected chi connectivity index (χ2v) is 2.28. The second-order valence-electron chi connectivity index (χ2n) is 2.01. The van der Waals surface area contributed by atoms with Crippen LogP contribution in [0.5, 0.6) is 0 Å².